The zero-order valence-corrected chi connectivity index (χ0v) is 17.6. The normalized spacial score (nSPS) is 18.0. The summed E-state index contributed by atoms with van der Waals surface area (Å²) in [6.07, 6.45) is -3.46. The van der Waals surface area contributed by atoms with Crippen LogP contribution in [0.25, 0.3) is 0 Å². The van der Waals surface area contributed by atoms with Gasteiger partial charge in [-0.15, -0.1) is 11.8 Å². The number of benzene rings is 1. The molecular weight excluding hydrogens is 474 g/mol. The molecule has 0 saturated heterocycles. The van der Waals surface area contributed by atoms with Gasteiger partial charge in [0, 0.05) is 17.4 Å². The molecule has 1 aliphatic heterocycles. The lowest BCUT2D eigenvalue weighted by Gasteiger charge is -2.33. The maximum absolute atomic E-state index is 13.3. The van der Waals surface area contributed by atoms with Crippen LogP contribution in [0, 0.1) is 20.2 Å². The number of alkyl halides is 3. The average molecular weight is 488 g/mol. The van der Waals surface area contributed by atoms with Gasteiger partial charge in [-0.3, -0.25) is 25.1 Å². The minimum Gasteiger partial charge on any atom is -0.384 e. The summed E-state index contributed by atoms with van der Waals surface area (Å²) in [6, 6.07) is 0.140. The van der Waals surface area contributed by atoms with Crippen LogP contribution in [0.3, 0.4) is 0 Å². The van der Waals surface area contributed by atoms with Gasteiger partial charge in [-0.1, -0.05) is 37.0 Å². The predicted molar refractivity (Wildman–Crippen MR) is 109 cm³/mol. The van der Waals surface area contributed by atoms with Crippen molar-refractivity contribution in [1.82, 2.24) is 0 Å². The number of hydrogen-bond donors (Lipinski definition) is 1. The van der Waals surface area contributed by atoms with Gasteiger partial charge in [0.2, 0.25) is 5.69 Å². The van der Waals surface area contributed by atoms with Gasteiger partial charge in [-0.05, 0) is 6.42 Å². The van der Waals surface area contributed by atoms with Crippen molar-refractivity contribution in [2.75, 3.05) is 4.90 Å². The van der Waals surface area contributed by atoms with Crippen LogP contribution in [0.1, 0.15) is 25.8 Å². The number of anilines is 1. The number of thioether (sulfide) groups is 1. The van der Waals surface area contributed by atoms with Crippen molar-refractivity contribution in [1.29, 1.82) is 0 Å². The summed E-state index contributed by atoms with van der Waals surface area (Å²) in [5, 5.41) is 21.6. The highest BCUT2D eigenvalue weighted by Gasteiger charge is 2.45. The SMILES string of the molecule is CCC(C)SC1N=C(N)C=C(Cl)N1c1c([N+](=O)[O-])cc(C(F)(F)F)c(Cl)c1[N+](=O)[O-]. The molecule has 1 aromatic carbocycles. The van der Waals surface area contributed by atoms with E-state index >= 15 is 0 Å². The number of hydrogen-bond acceptors (Lipinski definition) is 8. The Kier molecular flexibility index (Phi) is 7.09. The Morgan fingerprint density at radius 3 is 2.40 bits per heavy atom. The molecule has 2 rings (SSSR count). The van der Waals surface area contributed by atoms with E-state index in [0.717, 1.165) is 22.7 Å². The van der Waals surface area contributed by atoms with Crippen LogP contribution < -0.4 is 10.6 Å². The zero-order chi connectivity index (χ0) is 23.0. The van der Waals surface area contributed by atoms with Gasteiger partial charge in [-0.25, -0.2) is 4.99 Å². The molecule has 2 atom stereocenters. The number of nitrogens with zero attached hydrogens (tertiary/aromatic N) is 4. The van der Waals surface area contributed by atoms with Gasteiger partial charge < -0.3 is 5.73 Å². The van der Waals surface area contributed by atoms with Crippen LogP contribution in [0.2, 0.25) is 5.02 Å². The quantitative estimate of drug-likeness (QED) is 0.329. The smallest absolute Gasteiger partial charge is 0.384 e. The minimum absolute atomic E-state index is 0.0552. The summed E-state index contributed by atoms with van der Waals surface area (Å²) in [5.41, 5.74) is -0.460. The molecule has 0 fully saturated rings. The van der Waals surface area contributed by atoms with E-state index in [1.165, 1.54) is 0 Å². The number of nitrogens with two attached hydrogens (primary N) is 1. The highest BCUT2D eigenvalue weighted by molar-refractivity contribution is 8.00. The molecule has 0 aromatic heterocycles. The monoisotopic (exact) mass is 487 g/mol. The summed E-state index contributed by atoms with van der Waals surface area (Å²) in [5.74, 6) is -0.0552. The highest BCUT2D eigenvalue weighted by Crippen LogP contribution is 2.51. The van der Waals surface area contributed by atoms with E-state index in [-0.39, 0.29) is 22.3 Å². The predicted octanol–water partition coefficient (Wildman–Crippen LogP) is 5.25. The third-order valence-electron chi connectivity index (χ3n) is 4.02. The molecule has 164 valence electrons. The first-order chi connectivity index (χ1) is 13.8. The molecule has 30 heavy (non-hydrogen) atoms. The summed E-state index contributed by atoms with van der Waals surface area (Å²) in [7, 11) is 0. The van der Waals surface area contributed by atoms with Gasteiger partial charge in [0.1, 0.15) is 16.0 Å². The number of rotatable bonds is 6. The number of nitro groups is 2. The van der Waals surface area contributed by atoms with Gasteiger partial charge in [0.15, 0.2) is 5.50 Å². The molecule has 1 aromatic rings. The van der Waals surface area contributed by atoms with Gasteiger partial charge in [0.25, 0.3) is 0 Å². The molecule has 0 radical (unpaired) electrons. The Bertz CT molecular complexity index is 957. The second kappa shape index (κ2) is 8.86. The van der Waals surface area contributed by atoms with Crippen molar-refractivity contribution < 1.29 is 23.0 Å². The first-order valence-corrected chi connectivity index (χ1v) is 9.87. The van der Waals surface area contributed by atoms with Crippen molar-refractivity contribution in [3.05, 3.63) is 48.1 Å². The Hall–Kier alpha value is -2.25. The summed E-state index contributed by atoms with van der Waals surface area (Å²) < 4.78 is 39.9. The fraction of sp³-hybridized carbons (Fsp3) is 0.400. The first-order valence-electron chi connectivity index (χ1n) is 8.17. The second-order valence-electron chi connectivity index (χ2n) is 6.04. The topological polar surface area (TPSA) is 128 Å². The van der Waals surface area contributed by atoms with Crippen LogP contribution in [-0.4, -0.2) is 26.4 Å². The van der Waals surface area contributed by atoms with Crippen LogP contribution in [-0.2, 0) is 6.18 Å². The van der Waals surface area contributed by atoms with Gasteiger partial charge in [0.05, 0.1) is 15.4 Å². The Morgan fingerprint density at radius 2 is 1.93 bits per heavy atom. The van der Waals surface area contributed by atoms with E-state index < -0.39 is 49.2 Å². The van der Waals surface area contributed by atoms with E-state index in [9.17, 15) is 33.4 Å². The van der Waals surface area contributed by atoms with Crippen LogP contribution in [0.15, 0.2) is 22.3 Å². The Labute approximate surface area is 182 Å². The lowest BCUT2D eigenvalue weighted by molar-refractivity contribution is -0.392. The summed E-state index contributed by atoms with van der Waals surface area (Å²) in [4.78, 5) is 25.8. The third kappa shape index (κ3) is 4.73. The van der Waals surface area contributed by atoms with Crippen LogP contribution in [0.5, 0.6) is 0 Å². The van der Waals surface area contributed by atoms with Crippen molar-refractivity contribution in [2.24, 2.45) is 10.7 Å². The van der Waals surface area contributed by atoms with E-state index in [1.807, 2.05) is 6.92 Å². The molecule has 0 saturated carbocycles. The zero-order valence-electron chi connectivity index (χ0n) is 15.3. The van der Waals surface area contributed by atoms with Crippen LogP contribution >= 0.6 is 35.0 Å². The first kappa shape index (κ1) is 24.0. The molecule has 1 heterocycles. The number of amidine groups is 1. The van der Waals surface area contributed by atoms with Crippen molar-refractivity contribution in [2.45, 2.75) is 37.2 Å². The highest BCUT2D eigenvalue weighted by atomic mass is 35.5. The molecule has 0 spiro atoms. The molecule has 0 bridgehead atoms. The fourth-order valence-corrected chi connectivity index (χ4v) is 4.30. The lowest BCUT2D eigenvalue weighted by atomic mass is 10.1. The minimum atomic E-state index is -5.17. The molecule has 15 heteroatoms. The molecule has 0 amide bonds. The van der Waals surface area contributed by atoms with E-state index in [4.69, 9.17) is 28.9 Å². The largest absolute Gasteiger partial charge is 0.418 e. The van der Waals surface area contributed by atoms with Gasteiger partial charge in [-0.2, -0.15) is 13.2 Å². The number of aliphatic imine (C=N–C) groups is 1. The molecule has 2 unspecified atom stereocenters. The molecule has 9 nitrogen and oxygen atoms in total. The van der Waals surface area contributed by atoms with Crippen molar-refractivity contribution in [3.8, 4) is 0 Å². The third-order valence-corrected chi connectivity index (χ3v) is 6.06. The molecule has 2 N–H and O–H groups in total. The molecule has 0 aliphatic carbocycles. The van der Waals surface area contributed by atoms with E-state index in [2.05, 4.69) is 4.99 Å². The number of nitro benzene ring substituents is 2. The van der Waals surface area contributed by atoms with Crippen molar-refractivity contribution in [3.63, 3.8) is 0 Å². The second-order valence-corrected chi connectivity index (χ2v) is 8.30. The summed E-state index contributed by atoms with van der Waals surface area (Å²) in [6.45, 7) is 3.64. The van der Waals surface area contributed by atoms with E-state index in [0.29, 0.717) is 6.42 Å². The Balaban J connectivity index is 2.89. The van der Waals surface area contributed by atoms with Gasteiger partial charge >= 0.3 is 17.6 Å². The number of halogens is 5. The Morgan fingerprint density at radius 1 is 1.33 bits per heavy atom. The molecular formula is C15H14Cl2F3N5O4S. The summed E-state index contributed by atoms with van der Waals surface area (Å²) >= 11 is 13.0. The van der Waals surface area contributed by atoms with E-state index in [1.54, 1.807) is 6.92 Å². The molecule has 1 aliphatic rings. The standard InChI is InChI=1S/C15H14Cl2F3N5O4S/c1-3-6(2)30-14-22-10(21)5-9(16)23(14)12-8(24(26)27)4-7(15(18,19)20)11(17)13(12)25(28)29/h4-6,14H,3H2,1-2H3,(H2,21,22). The van der Waals surface area contributed by atoms with Crippen LogP contribution in [0.4, 0.5) is 30.2 Å². The lowest BCUT2D eigenvalue weighted by Crippen LogP contribution is -2.37. The fourth-order valence-electron chi connectivity index (χ4n) is 2.50. The maximum Gasteiger partial charge on any atom is 0.418 e. The average Bonchev–Trinajstić information content (AvgIpc) is 2.59. The maximum atomic E-state index is 13.3. The van der Waals surface area contributed by atoms with Crippen molar-refractivity contribution >= 4 is 57.9 Å².